The van der Waals surface area contributed by atoms with Crippen LogP contribution < -0.4 is 5.32 Å². The molecule has 0 fully saturated rings. The van der Waals surface area contributed by atoms with Crippen molar-refractivity contribution < 1.29 is 17.6 Å². The number of nitrogens with one attached hydrogen (secondary N) is 1. The van der Waals surface area contributed by atoms with Crippen molar-refractivity contribution in [2.75, 3.05) is 6.54 Å². The van der Waals surface area contributed by atoms with Crippen molar-refractivity contribution in [1.82, 2.24) is 9.62 Å². The van der Waals surface area contributed by atoms with Crippen LogP contribution in [0.2, 0.25) is 0 Å². The van der Waals surface area contributed by atoms with Crippen LogP contribution in [0, 0.1) is 11.3 Å². The molecule has 7 nitrogen and oxygen atoms in total. The van der Waals surface area contributed by atoms with E-state index >= 15 is 0 Å². The molecule has 0 radical (unpaired) electrons. The number of rotatable bonds is 6. The van der Waals surface area contributed by atoms with Crippen LogP contribution in [0.15, 0.2) is 101 Å². The molecule has 0 saturated carbocycles. The molecule has 3 aromatic carbocycles. The molecule has 0 saturated heterocycles. The molecule has 4 aromatic rings. The highest BCUT2D eigenvalue weighted by atomic mass is 32.2. The topological polar surface area (TPSA) is 103 Å². The number of nitriles is 1. The highest BCUT2D eigenvalue weighted by Gasteiger charge is 2.38. The molecule has 8 heteroatoms. The minimum atomic E-state index is -4.00. The summed E-state index contributed by atoms with van der Waals surface area (Å²) >= 11 is 0. The lowest BCUT2D eigenvalue weighted by Crippen LogP contribution is -2.45. The van der Waals surface area contributed by atoms with Crippen LogP contribution in [0.3, 0.4) is 0 Å². The maximum absolute atomic E-state index is 13.2. The molecule has 0 spiro atoms. The van der Waals surface area contributed by atoms with Gasteiger partial charge >= 0.3 is 0 Å². The molecule has 2 heterocycles. The second-order valence-corrected chi connectivity index (χ2v) is 9.98. The smallest absolute Gasteiger partial charge is 0.277 e. The predicted octanol–water partition coefficient (Wildman–Crippen LogP) is 4.22. The van der Waals surface area contributed by atoms with Gasteiger partial charge in [0.1, 0.15) is 11.6 Å². The Labute approximate surface area is 203 Å². The number of amides is 1. The summed E-state index contributed by atoms with van der Waals surface area (Å²) in [4.78, 5) is 12.9. The Morgan fingerprint density at radius 1 is 1.03 bits per heavy atom. The van der Waals surface area contributed by atoms with Crippen LogP contribution in [0.5, 0.6) is 0 Å². The number of hydrogen-bond donors (Lipinski definition) is 1. The molecule has 1 aromatic heterocycles. The summed E-state index contributed by atoms with van der Waals surface area (Å²) in [5.41, 5.74) is 3.82. The molecule has 5 rings (SSSR count). The molecule has 1 atom stereocenters. The Morgan fingerprint density at radius 3 is 2.60 bits per heavy atom. The van der Waals surface area contributed by atoms with Crippen LogP contribution >= 0.6 is 0 Å². The van der Waals surface area contributed by atoms with E-state index in [-0.39, 0.29) is 18.2 Å². The third kappa shape index (κ3) is 4.47. The third-order valence-electron chi connectivity index (χ3n) is 5.89. The van der Waals surface area contributed by atoms with E-state index in [2.05, 4.69) is 11.4 Å². The first-order valence-corrected chi connectivity index (χ1v) is 12.4. The van der Waals surface area contributed by atoms with Crippen molar-refractivity contribution in [3.8, 4) is 17.2 Å². The third-order valence-corrected chi connectivity index (χ3v) is 7.60. The van der Waals surface area contributed by atoms with Gasteiger partial charge in [-0.3, -0.25) is 4.79 Å². The van der Waals surface area contributed by atoms with Gasteiger partial charge in [-0.25, -0.2) is 8.42 Å². The van der Waals surface area contributed by atoms with Gasteiger partial charge in [-0.05, 0) is 34.9 Å². The first kappa shape index (κ1) is 22.6. The number of benzene rings is 3. The molecular formula is C27H21N3O4S. The standard InChI is InChI=1S/C27H21N3O4S/c28-17-20-5-3-7-22(15-20)21-12-10-19(11-13-21)18-29-27(31)24-8-4-14-30(24)35(32,33)26-16-23-6-1-2-9-25(23)34-26/h1-13,15-16,24H,14,18H2,(H,29,31)/t24-/m0/s1. The Balaban J connectivity index is 1.27. The van der Waals surface area contributed by atoms with E-state index in [1.54, 1.807) is 42.5 Å². The van der Waals surface area contributed by atoms with Crippen molar-refractivity contribution in [1.29, 1.82) is 5.26 Å². The van der Waals surface area contributed by atoms with Crippen LogP contribution in [-0.2, 0) is 21.4 Å². The minimum Gasteiger partial charge on any atom is -0.443 e. The van der Waals surface area contributed by atoms with Gasteiger partial charge in [-0.2, -0.15) is 9.57 Å². The van der Waals surface area contributed by atoms with Gasteiger partial charge in [0.05, 0.1) is 11.6 Å². The summed E-state index contributed by atoms with van der Waals surface area (Å²) in [6.45, 7) is 0.341. The summed E-state index contributed by atoms with van der Waals surface area (Å²) in [5.74, 6) is -0.413. The molecule has 35 heavy (non-hydrogen) atoms. The monoisotopic (exact) mass is 483 g/mol. The summed E-state index contributed by atoms with van der Waals surface area (Å²) in [7, 11) is -4.00. The van der Waals surface area contributed by atoms with E-state index in [0.717, 1.165) is 21.0 Å². The van der Waals surface area contributed by atoms with Gasteiger partial charge < -0.3 is 9.73 Å². The molecule has 0 aliphatic carbocycles. The number of fused-ring (bicyclic) bond motifs is 1. The Kier molecular flexibility index (Phi) is 5.95. The average molecular weight is 484 g/mol. The van der Waals surface area contributed by atoms with E-state index in [1.165, 1.54) is 6.07 Å². The minimum absolute atomic E-state index is 0.0912. The molecule has 1 N–H and O–H groups in total. The quantitative estimate of drug-likeness (QED) is 0.414. The second-order valence-electron chi connectivity index (χ2n) is 8.16. The van der Waals surface area contributed by atoms with Crippen molar-refractivity contribution in [2.24, 2.45) is 0 Å². The Morgan fingerprint density at radius 2 is 1.83 bits per heavy atom. The molecule has 174 valence electrons. The van der Waals surface area contributed by atoms with E-state index in [9.17, 15) is 13.2 Å². The van der Waals surface area contributed by atoms with Crippen LogP contribution in [0.25, 0.3) is 22.1 Å². The molecule has 1 amide bonds. The zero-order valence-electron chi connectivity index (χ0n) is 18.6. The number of carbonyl (C=O) groups is 1. The van der Waals surface area contributed by atoms with Gasteiger partial charge in [-0.15, -0.1) is 0 Å². The zero-order valence-corrected chi connectivity index (χ0v) is 19.4. The first-order valence-electron chi connectivity index (χ1n) is 11.0. The maximum atomic E-state index is 13.2. The molecular weight excluding hydrogens is 462 g/mol. The van der Waals surface area contributed by atoms with Crippen molar-refractivity contribution in [3.63, 3.8) is 0 Å². The van der Waals surface area contributed by atoms with Crippen LogP contribution in [-0.4, -0.2) is 31.2 Å². The lowest BCUT2D eigenvalue weighted by atomic mass is 10.0. The fourth-order valence-corrected chi connectivity index (χ4v) is 5.50. The van der Waals surface area contributed by atoms with E-state index < -0.39 is 22.0 Å². The van der Waals surface area contributed by atoms with E-state index in [4.69, 9.17) is 9.68 Å². The number of nitrogens with zero attached hydrogens (tertiary/aromatic N) is 2. The summed E-state index contributed by atoms with van der Waals surface area (Å²) in [6.07, 6.45) is 3.25. The summed E-state index contributed by atoms with van der Waals surface area (Å²) < 4.78 is 33.1. The summed E-state index contributed by atoms with van der Waals surface area (Å²) in [6, 6.07) is 24.7. The fourth-order valence-electron chi connectivity index (χ4n) is 4.05. The molecule has 1 aliphatic heterocycles. The zero-order chi connectivity index (χ0) is 24.4. The number of sulfonamides is 1. The summed E-state index contributed by atoms with van der Waals surface area (Å²) in [5, 5.41) is 12.4. The van der Waals surface area contributed by atoms with Crippen molar-refractivity contribution >= 4 is 26.9 Å². The lowest BCUT2D eigenvalue weighted by molar-refractivity contribution is -0.123. The average Bonchev–Trinajstić information content (AvgIpc) is 3.56. The molecule has 1 aliphatic rings. The van der Waals surface area contributed by atoms with Gasteiger partial charge in [0.2, 0.25) is 11.0 Å². The number of para-hydroxylation sites is 1. The van der Waals surface area contributed by atoms with E-state index in [0.29, 0.717) is 16.5 Å². The maximum Gasteiger partial charge on any atom is 0.277 e. The first-order chi connectivity index (χ1) is 17.0. The number of hydrogen-bond acceptors (Lipinski definition) is 5. The Bertz CT molecular complexity index is 1550. The lowest BCUT2D eigenvalue weighted by Gasteiger charge is -2.22. The Hall–Kier alpha value is -4.19. The van der Waals surface area contributed by atoms with E-state index in [1.807, 2.05) is 42.5 Å². The second kappa shape index (κ2) is 9.22. The van der Waals surface area contributed by atoms with Gasteiger partial charge in [0.15, 0.2) is 0 Å². The van der Waals surface area contributed by atoms with Crippen LogP contribution in [0.4, 0.5) is 0 Å². The van der Waals surface area contributed by atoms with Gasteiger partial charge in [0.25, 0.3) is 10.0 Å². The predicted molar refractivity (Wildman–Crippen MR) is 131 cm³/mol. The van der Waals surface area contributed by atoms with Crippen molar-refractivity contribution in [3.05, 3.63) is 102 Å². The number of furan rings is 1. The van der Waals surface area contributed by atoms with Gasteiger partial charge in [-0.1, -0.05) is 66.7 Å². The fraction of sp³-hybridized carbons (Fsp3) is 0.111. The molecule has 0 bridgehead atoms. The van der Waals surface area contributed by atoms with Crippen LogP contribution in [0.1, 0.15) is 11.1 Å². The SMILES string of the molecule is N#Cc1cccc(-c2ccc(CNC(=O)[C@@H]3C=CCN3S(=O)(=O)c3cc4ccccc4o3)cc2)c1. The highest BCUT2D eigenvalue weighted by molar-refractivity contribution is 7.89. The van der Waals surface area contributed by atoms with Gasteiger partial charge in [0, 0.05) is 24.5 Å². The number of carbonyl (C=O) groups excluding carboxylic acids is 1. The normalized spacial score (nSPS) is 15.8. The van der Waals surface area contributed by atoms with Crippen molar-refractivity contribution in [2.45, 2.75) is 17.7 Å². The largest absolute Gasteiger partial charge is 0.443 e. The highest BCUT2D eigenvalue weighted by Crippen LogP contribution is 2.28. The molecule has 0 unspecified atom stereocenters.